The van der Waals surface area contributed by atoms with Gasteiger partial charge in [-0.25, -0.2) is 0 Å². The van der Waals surface area contributed by atoms with Gasteiger partial charge in [-0.05, 0) is 5.80 Å². The van der Waals surface area contributed by atoms with Gasteiger partial charge < -0.3 is 0 Å². The van der Waals surface area contributed by atoms with Crippen molar-refractivity contribution in [2.24, 2.45) is 0 Å². The van der Waals surface area contributed by atoms with Gasteiger partial charge >= 0.3 is 0 Å². The van der Waals surface area contributed by atoms with E-state index in [1.807, 2.05) is 5.80 Å². The topological polar surface area (TPSA) is 21.3 Å². The summed E-state index contributed by atoms with van der Waals surface area (Å²) < 4.78 is 0. The quantitative estimate of drug-likeness (QED) is 0.413. The lowest BCUT2D eigenvalue weighted by atomic mass is 11.5. The zero-order valence-electron chi connectivity index (χ0n) is 4.99. The molecule has 0 unspecified atom stereocenters. The molecule has 0 spiro atoms. The second-order valence-corrected chi connectivity index (χ2v) is 3.99. The standard InChI is InChI=1S/C4H11NOSi/c1-6-5-4-7(2)3/h4-5H,1-3H3. The molecule has 42 valence electrons. The van der Waals surface area contributed by atoms with E-state index in [1.165, 1.54) is 0 Å². The molecule has 0 heterocycles. The van der Waals surface area contributed by atoms with E-state index in [0.717, 1.165) is 0 Å². The fourth-order valence-corrected chi connectivity index (χ4v) is 0.530. The molecule has 0 saturated heterocycles. The highest BCUT2D eigenvalue weighted by Gasteiger charge is 1.71. The van der Waals surface area contributed by atoms with Crippen molar-refractivity contribution in [2.45, 2.75) is 13.1 Å². The summed E-state index contributed by atoms with van der Waals surface area (Å²) in [4.78, 5) is 4.57. The van der Waals surface area contributed by atoms with Crippen molar-refractivity contribution >= 4 is 14.2 Å². The molecule has 0 aromatic rings. The Morgan fingerprint density at radius 1 is 1.57 bits per heavy atom. The van der Waals surface area contributed by atoms with Gasteiger partial charge in [0.2, 0.25) is 0 Å². The monoisotopic (exact) mass is 117 g/mol. The van der Waals surface area contributed by atoms with E-state index < -0.39 is 0 Å². The van der Waals surface area contributed by atoms with Gasteiger partial charge in [0, 0.05) is 8.41 Å². The van der Waals surface area contributed by atoms with Crippen LogP contribution in [0.1, 0.15) is 0 Å². The van der Waals surface area contributed by atoms with Gasteiger partial charge in [0.25, 0.3) is 0 Å². The summed E-state index contributed by atoms with van der Waals surface area (Å²) in [6.45, 7) is 4.35. The third kappa shape index (κ3) is 5.85. The van der Waals surface area contributed by atoms with E-state index in [4.69, 9.17) is 0 Å². The smallest absolute Gasteiger partial charge is 0.0635 e. The average molecular weight is 117 g/mol. The Hall–Kier alpha value is -0.153. The molecule has 0 radical (unpaired) electrons. The van der Waals surface area contributed by atoms with Crippen LogP contribution in [0.3, 0.4) is 0 Å². The molecule has 1 N–H and O–H groups in total. The Balaban J connectivity index is 3.08. The molecule has 2 nitrogen and oxygen atoms in total. The fraction of sp³-hybridized carbons (Fsp3) is 0.750. The fourth-order valence-electron chi connectivity index (χ4n) is 0.177. The van der Waals surface area contributed by atoms with E-state index in [2.05, 4.69) is 23.4 Å². The molecule has 0 aliphatic rings. The summed E-state index contributed by atoms with van der Waals surface area (Å²) in [5, 5.41) is 0. The van der Waals surface area contributed by atoms with Gasteiger partial charge in [-0.2, -0.15) is 0 Å². The molecule has 0 bridgehead atoms. The molecular weight excluding hydrogens is 106 g/mol. The predicted molar refractivity (Wildman–Crippen MR) is 33.7 cm³/mol. The molecule has 0 aliphatic heterocycles. The number of rotatable bonds is 2. The number of nitrogens with one attached hydrogen (secondary N) is 1. The summed E-state index contributed by atoms with van der Waals surface area (Å²) in [5.74, 6) is 1.98. The minimum Gasteiger partial charge on any atom is -0.280 e. The maximum atomic E-state index is 4.57. The maximum Gasteiger partial charge on any atom is 0.0635 e. The van der Waals surface area contributed by atoms with Crippen molar-refractivity contribution in [3.8, 4) is 0 Å². The molecular formula is C4H11NOSi. The minimum absolute atomic E-state index is 0.258. The first-order valence-corrected chi connectivity index (χ1v) is 4.77. The third-order valence-electron chi connectivity index (χ3n) is 0.465. The lowest BCUT2D eigenvalue weighted by Crippen LogP contribution is -2.13. The zero-order valence-corrected chi connectivity index (χ0v) is 5.99. The second kappa shape index (κ2) is 4.02. The Morgan fingerprint density at radius 2 is 2.14 bits per heavy atom. The molecule has 0 fully saturated rings. The molecule has 3 heteroatoms. The van der Waals surface area contributed by atoms with Crippen molar-refractivity contribution in [1.82, 2.24) is 5.48 Å². The predicted octanol–water partition coefficient (Wildman–Crippen LogP) is 0.233. The molecule has 0 amide bonds. The average Bonchev–Trinajstić information content (AvgIpc) is 1.61. The molecule has 0 rings (SSSR count). The summed E-state index contributed by atoms with van der Waals surface area (Å²) in [7, 11) is 1.35. The Morgan fingerprint density at radius 3 is 2.29 bits per heavy atom. The lowest BCUT2D eigenvalue weighted by molar-refractivity contribution is 0.150. The summed E-state index contributed by atoms with van der Waals surface area (Å²) in [5.41, 5.74) is 2.67. The lowest BCUT2D eigenvalue weighted by Gasteiger charge is -1.91. The van der Waals surface area contributed by atoms with Crippen molar-refractivity contribution < 1.29 is 4.84 Å². The van der Waals surface area contributed by atoms with Gasteiger partial charge in [0.05, 0.1) is 7.11 Å². The third-order valence-corrected chi connectivity index (χ3v) is 1.16. The van der Waals surface area contributed by atoms with Gasteiger partial charge in [-0.3, -0.25) is 10.3 Å². The first-order chi connectivity index (χ1) is 3.27. The zero-order chi connectivity index (χ0) is 5.70. The summed E-state index contributed by atoms with van der Waals surface area (Å²) in [6.07, 6.45) is 0. The Labute approximate surface area is 45.7 Å². The summed E-state index contributed by atoms with van der Waals surface area (Å²) >= 11 is 0. The van der Waals surface area contributed by atoms with Crippen LogP contribution in [0.15, 0.2) is 0 Å². The second-order valence-electron chi connectivity index (χ2n) is 1.54. The first kappa shape index (κ1) is 6.85. The van der Waals surface area contributed by atoms with E-state index >= 15 is 0 Å². The van der Waals surface area contributed by atoms with E-state index in [1.54, 1.807) is 7.11 Å². The highest BCUT2D eigenvalue weighted by Crippen LogP contribution is 1.57. The SMILES string of the molecule is CONC=[Si](C)C. The first-order valence-electron chi connectivity index (χ1n) is 2.19. The van der Waals surface area contributed by atoms with Crippen LogP contribution in [0, 0.1) is 0 Å². The van der Waals surface area contributed by atoms with Crippen LogP contribution in [-0.4, -0.2) is 21.3 Å². The number of hydroxylamine groups is 1. The van der Waals surface area contributed by atoms with Crippen LogP contribution in [0.25, 0.3) is 0 Å². The molecule has 0 atom stereocenters. The summed E-state index contributed by atoms with van der Waals surface area (Å²) in [6, 6.07) is 0. The van der Waals surface area contributed by atoms with E-state index in [0.29, 0.717) is 0 Å². The highest BCUT2D eigenvalue weighted by molar-refractivity contribution is 6.63. The van der Waals surface area contributed by atoms with Crippen LogP contribution in [-0.2, 0) is 4.84 Å². The molecule has 0 aromatic heterocycles. The Bertz CT molecular complexity index is 68.1. The molecule has 0 aromatic carbocycles. The highest BCUT2D eigenvalue weighted by atomic mass is 28.2. The van der Waals surface area contributed by atoms with Gasteiger partial charge in [0.1, 0.15) is 0 Å². The van der Waals surface area contributed by atoms with Gasteiger partial charge in [-0.1, -0.05) is 13.1 Å². The van der Waals surface area contributed by atoms with Crippen LogP contribution in [0.2, 0.25) is 13.1 Å². The number of hydrogen-bond donors (Lipinski definition) is 1. The van der Waals surface area contributed by atoms with Crippen LogP contribution in [0.4, 0.5) is 0 Å². The van der Waals surface area contributed by atoms with Crippen LogP contribution < -0.4 is 5.48 Å². The van der Waals surface area contributed by atoms with Crippen molar-refractivity contribution in [2.75, 3.05) is 7.11 Å². The number of hydrogen-bond acceptors (Lipinski definition) is 2. The van der Waals surface area contributed by atoms with Crippen molar-refractivity contribution in [3.05, 3.63) is 0 Å². The molecule has 0 saturated carbocycles. The largest absolute Gasteiger partial charge is 0.280 e. The normalized spacial score (nSPS) is 7.86. The van der Waals surface area contributed by atoms with Crippen molar-refractivity contribution in [1.29, 1.82) is 0 Å². The molecule has 0 aliphatic carbocycles. The van der Waals surface area contributed by atoms with Crippen molar-refractivity contribution in [3.63, 3.8) is 0 Å². The minimum atomic E-state index is -0.258. The molecule has 7 heavy (non-hydrogen) atoms. The van der Waals surface area contributed by atoms with Gasteiger partial charge in [-0.15, -0.1) is 0 Å². The Kier molecular flexibility index (Phi) is 3.93. The van der Waals surface area contributed by atoms with Crippen LogP contribution in [0.5, 0.6) is 0 Å². The van der Waals surface area contributed by atoms with Crippen LogP contribution >= 0.6 is 0 Å². The van der Waals surface area contributed by atoms with E-state index in [-0.39, 0.29) is 8.41 Å². The van der Waals surface area contributed by atoms with E-state index in [9.17, 15) is 0 Å². The maximum absolute atomic E-state index is 4.57. The van der Waals surface area contributed by atoms with Gasteiger partial charge in [0.15, 0.2) is 0 Å².